The Bertz CT molecular complexity index is 606. The largest absolute Gasteiger partial charge is 0.507 e. The number of hydrogen-bond acceptors (Lipinski definition) is 2. The first-order valence-electron chi connectivity index (χ1n) is 8.01. The number of unbranched alkanes of at least 4 members (excludes halogenated alkanes) is 1. The molecular formula is C20H26O2. The van der Waals surface area contributed by atoms with Gasteiger partial charge < -0.3 is 9.84 Å². The molecule has 0 unspecified atom stereocenters. The molecule has 1 aliphatic heterocycles. The van der Waals surface area contributed by atoms with Crippen LogP contribution >= 0.6 is 0 Å². The van der Waals surface area contributed by atoms with Crippen LogP contribution in [0.3, 0.4) is 0 Å². The van der Waals surface area contributed by atoms with Crippen molar-refractivity contribution in [2.24, 2.45) is 0 Å². The quantitative estimate of drug-likeness (QED) is 0.710. The standard InChI is InChI=1S/C20H26O2/c1-5-7-8-15(6-2)9-10-16-13-18(21)17-11-12-20(3,4)22-19(17)14-16/h6,8,11-14,21H,2,5,7,9-10H2,1,3-4H3/b15-8+. The molecule has 2 rings (SSSR count). The Labute approximate surface area is 133 Å². The van der Waals surface area contributed by atoms with Crippen molar-refractivity contribution in [1.29, 1.82) is 0 Å². The van der Waals surface area contributed by atoms with Crippen LogP contribution in [-0.4, -0.2) is 10.7 Å². The summed E-state index contributed by atoms with van der Waals surface area (Å²) in [5, 5.41) is 10.2. The summed E-state index contributed by atoms with van der Waals surface area (Å²) in [7, 11) is 0. The Hall–Kier alpha value is -1.96. The number of aromatic hydroxyl groups is 1. The first kappa shape index (κ1) is 16.4. The van der Waals surface area contributed by atoms with Gasteiger partial charge in [-0.2, -0.15) is 0 Å². The summed E-state index contributed by atoms with van der Waals surface area (Å²) in [5.74, 6) is 1.05. The molecule has 0 saturated heterocycles. The number of allylic oxidation sites excluding steroid dienone is 3. The van der Waals surface area contributed by atoms with E-state index in [4.69, 9.17) is 4.74 Å². The van der Waals surface area contributed by atoms with Crippen LogP contribution in [-0.2, 0) is 6.42 Å². The lowest BCUT2D eigenvalue weighted by Gasteiger charge is -2.28. The number of ether oxygens (including phenoxy) is 1. The number of phenolic OH excluding ortho intramolecular Hbond substituents is 1. The molecule has 118 valence electrons. The molecule has 22 heavy (non-hydrogen) atoms. The second kappa shape index (κ2) is 6.87. The fourth-order valence-corrected chi connectivity index (χ4v) is 2.57. The minimum Gasteiger partial charge on any atom is -0.507 e. The van der Waals surface area contributed by atoms with Crippen LogP contribution in [0.25, 0.3) is 6.08 Å². The van der Waals surface area contributed by atoms with Crippen molar-refractivity contribution in [3.05, 3.63) is 53.6 Å². The molecule has 0 aromatic heterocycles. The highest BCUT2D eigenvalue weighted by Crippen LogP contribution is 2.37. The third-order valence-corrected chi connectivity index (χ3v) is 3.86. The highest BCUT2D eigenvalue weighted by molar-refractivity contribution is 5.67. The molecule has 0 saturated carbocycles. The average Bonchev–Trinajstić information content (AvgIpc) is 2.46. The Morgan fingerprint density at radius 1 is 1.36 bits per heavy atom. The summed E-state index contributed by atoms with van der Waals surface area (Å²) in [4.78, 5) is 0. The van der Waals surface area contributed by atoms with E-state index in [0.717, 1.165) is 42.6 Å². The Morgan fingerprint density at radius 3 is 2.82 bits per heavy atom. The van der Waals surface area contributed by atoms with Gasteiger partial charge in [-0.3, -0.25) is 0 Å². The molecule has 1 aromatic carbocycles. The maximum atomic E-state index is 10.2. The Morgan fingerprint density at radius 2 is 2.14 bits per heavy atom. The molecule has 0 bridgehead atoms. The minimum atomic E-state index is -0.328. The highest BCUT2D eigenvalue weighted by atomic mass is 16.5. The third-order valence-electron chi connectivity index (χ3n) is 3.86. The van der Waals surface area contributed by atoms with Gasteiger partial charge in [0.25, 0.3) is 0 Å². The molecule has 1 heterocycles. The second-order valence-electron chi connectivity index (χ2n) is 6.34. The van der Waals surface area contributed by atoms with Crippen LogP contribution in [0, 0.1) is 0 Å². The van der Waals surface area contributed by atoms with Gasteiger partial charge in [-0.1, -0.05) is 37.6 Å². The number of benzene rings is 1. The number of phenols is 1. The zero-order valence-corrected chi connectivity index (χ0v) is 13.9. The first-order chi connectivity index (χ1) is 10.4. The zero-order chi connectivity index (χ0) is 16.2. The van der Waals surface area contributed by atoms with Crippen molar-refractivity contribution in [1.82, 2.24) is 0 Å². The maximum absolute atomic E-state index is 10.2. The van der Waals surface area contributed by atoms with Gasteiger partial charge in [0.15, 0.2) is 0 Å². The van der Waals surface area contributed by atoms with Gasteiger partial charge in [0.2, 0.25) is 0 Å². The summed E-state index contributed by atoms with van der Waals surface area (Å²) in [6.07, 6.45) is 12.1. The van der Waals surface area contributed by atoms with Crippen molar-refractivity contribution >= 4 is 6.08 Å². The molecule has 0 amide bonds. The molecule has 0 spiro atoms. The average molecular weight is 298 g/mol. The van der Waals surface area contributed by atoms with E-state index in [1.807, 2.05) is 44.2 Å². The maximum Gasteiger partial charge on any atom is 0.131 e. The monoisotopic (exact) mass is 298 g/mol. The second-order valence-corrected chi connectivity index (χ2v) is 6.34. The molecule has 2 nitrogen and oxygen atoms in total. The molecule has 1 aromatic rings. The van der Waals surface area contributed by atoms with Gasteiger partial charge in [0.1, 0.15) is 17.1 Å². The van der Waals surface area contributed by atoms with E-state index in [-0.39, 0.29) is 11.4 Å². The number of fused-ring (bicyclic) bond motifs is 1. The molecule has 0 fully saturated rings. The SMILES string of the molecule is C=C/C(=C\CCC)CCc1cc(O)c2c(c1)OC(C)(C)C=C2. The zero-order valence-electron chi connectivity index (χ0n) is 13.9. The lowest BCUT2D eigenvalue weighted by Crippen LogP contribution is -2.27. The molecule has 0 aliphatic carbocycles. The molecular weight excluding hydrogens is 272 g/mol. The van der Waals surface area contributed by atoms with E-state index in [0.29, 0.717) is 0 Å². The summed E-state index contributed by atoms with van der Waals surface area (Å²) < 4.78 is 5.96. The smallest absolute Gasteiger partial charge is 0.131 e. The fraction of sp³-hybridized carbons (Fsp3) is 0.400. The third kappa shape index (κ3) is 4.03. The Balaban J connectivity index is 2.15. The Kier molecular flexibility index (Phi) is 5.12. The van der Waals surface area contributed by atoms with Crippen molar-refractivity contribution < 1.29 is 9.84 Å². The lowest BCUT2D eigenvalue weighted by atomic mass is 9.97. The van der Waals surface area contributed by atoms with E-state index in [1.165, 1.54) is 5.57 Å². The fourth-order valence-electron chi connectivity index (χ4n) is 2.57. The van der Waals surface area contributed by atoms with E-state index < -0.39 is 0 Å². The first-order valence-corrected chi connectivity index (χ1v) is 8.01. The van der Waals surface area contributed by atoms with Crippen LogP contribution in [0.4, 0.5) is 0 Å². The van der Waals surface area contributed by atoms with Crippen LogP contribution in [0.5, 0.6) is 11.5 Å². The predicted octanol–water partition coefficient (Wildman–Crippen LogP) is 5.42. The molecule has 1 N–H and O–H groups in total. The van der Waals surface area contributed by atoms with Crippen molar-refractivity contribution in [3.63, 3.8) is 0 Å². The van der Waals surface area contributed by atoms with Gasteiger partial charge in [-0.05, 0) is 63.0 Å². The topological polar surface area (TPSA) is 29.5 Å². The van der Waals surface area contributed by atoms with E-state index >= 15 is 0 Å². The molecule has 1 aliphatic rings. The number of hydrogen-bond donors (Lipinski definition) is 1. The molecule has 0 radical (unpaired) electrons. The van der Waals surface area contributed by atoms with E-state index in [9.17, 15) is 5.11 Å². The summed E-state index contributed by atoms with van der Waals surface area (Å²) >= 11 is 0. The summed E-state index contributed by atoms with van der Waals surface area (Å²) in [6.45, 7) is 10.1. The predicted molar refractivity (Wildman–Crippen MR) is 93.4 cm³/mol. The van der Waals surface area contributed by atoms with Crippen LogP contribution < -0.4 is 4.74 Å². The van der Waals surface area contributed by atoms with E-state index in [2.05, 4.69) is 19.6 Å². The normalized spacial score (nSPS) is 16.0. The highest BCUT2D eigenvalue weighted by Gasteiger charge is 2.23. The van der Waals surface area contributed by atoms with Crippen LogP contribution in [0.1, 0.15) is 51.2 Å². The van der Waals surface area contributed by atoms with Gasteiger partial charge in [0, 0.05) is 0 Å². The van der Waals surface area contributed by atoms with Crippen molar-refractivity contribution in [3.8, 4) is 11.5 Å². The van der Waals surface area contributed by atoms with Crippen LogP contribution in [0.15, 0.2) is 42.5 Å². The number of rotatable bonds is 6. The van der Waals surface area contributed by atoms with Crippen molar-refractivity contribution in [2.75, 3.05) is 0 Å². The minimum absolute atomic E-state index is 0.289. The lowest BCUT2D eigenvalue weighted by molar-refractivity contribution is 0.158. The van der Waals surface area contributed by atoms with Gasteiger partial charge in [-0.15, -0.1) is 0 Å². The summed E-state index contributed by atoms with van der Waals surface area (Å²) in [6, 6.07) is 3.88. The molecule has 0 atom stereocenters. The van der Waals surface area contributed by atoms with E-state index in [1.54, 1.807) is 0 Å². The van der Waals surface area contributed by atoms with Crippen molar-refractivity contribution in [2.45, 2.75) is 52.1 Å². The summed E-state index contributed by atoms with van der Waals surface area (Å²) in [5.41, 5.74) is 2.80. The molecule has 2 heteroatoms. The van der Waals surface area contributed by atoms with Crippen LogP contribution in [0.2, 0.25) is 0 Å². The number of aryl methyl sites for hydroxylation is 1. The van der Waals surface area contributed by atoms with Gasteiger partial charge in [0.05, 0.1) is 5.56 Å². The van der Waals surface area contributed by atoms with Gasteiger partial charge >= 0.3 is 0 Å². The van der Waals surface area contributed by atoms with Gasteiger partial charge in [-0.25, -0.2) is 0 Å².